The van der Waals surface area contributed by atoms with Gasteiger partial charge in [-0.1, -0.05) is 0 Å². The van der Waals surface area contributed by atoms with Crippen LogP contribution < -0.4 is 0 Å². The van der Waals surface area contributed by atoms with Gasteiger partial charge in [-0.3, -0.25) is 4.79 Å². The molecule has 1 aliphatic heterocycles. The van der Waals surface area contributed by atoms with Gasteiger partial charge >= 0.3 is 0 Å². The Balaban J connectivity index is 2.66. The highest BCUT2D eigenvalue weighted by Gasteiger charge is 2.28. The van der Waals surface area contributed by atoms with E-state index < -0.39 is 0 Å². The molecular weight excluding hydrogens is 212 g/mol. The summed E-state index contributed by atoms with van der Waals surface area (Å²) in [6.07, 6.45) is 2.27. The van der Waals surface area contributed by atoms with Crippen molar-refractivity contribution < 1.29 is 4.79 Å². The largest absolute Gasteiger partial charge is 0.335 e. The van der Waals surface area contributed by atoms with Gasteiger partial charge < -0.3 is 9.80 Å². The molecular formula is C11H21ClN2O. The van der Waals surface area contributed by atoms with E-state index >= 15 is 0 Å². The lowest BCUT2D eigenvalue weighted by Crippen LogP contribution is -2.52. The van der Waals surface area contributed by atoms with E-state index in [0.717, 1.165) is 19.5 Å². The highest BCUT2D eigenvalue weighted by Crippen LogP contribution is 2.17. The van der Waals surface area contributed by atoms with Gasteiger partial charge in [0, 0.05) is 18.6 Å². The van der Waals surface area contributed by atoms with Crippen LogP contribution in [0, 0.1) is 0 Å². The molecule has 1 rings (SSSR count). The van der Waals surface area contributed by atoms with E-state index in [1.165, 1.54) is 6.42 Å². The Labute approximate surface area is 97.4 Å². The quantitative estimate of drug-likeness (QED) is 0.690. The number of amides is 1. The maximum absolute atomic E-state index is 11.7. The number of rotatable bonds is 3. The molecule has 1 atom stereocenters. The number of carbonyl (C=O) groups is 1. The summed E-state index contributed by atoms with van der Waals surface area (Å²) in [5.41, 5.74) is 0. The fourth-order valence-corrected chi connectivity index (χ4v) is 2.49. The minimum Gasteiger partial charge on any atom is -0.335 e. The predicted molar refractivity (Wildman–Crippen MR) is 63.2 cm³/mol. The van der Waals surface area contributed by atoms with Crippen molar-refractivity contribution in [2.24, 2.45) is 0 Å². The summed E-state index contributed by atoms with van der Waals surface area (Å²) < 4.78 is 0. The number of halogens is 1. The molecule has 1 amide bonds. The van der Waals surface area contributed by atoms with Crippen LogP contribution in [-0.2, 0) is 4.79 Å². The molecule has 0 N–H and O–H groups in total. The van der Waals surface area contributed by atoms with Crippen molar-refractivity contribution >= 4 is 17.5 Å². The van der Waals surface area contributed by atoms with Crippen molar-refractivity contribution in [2.75, 3.05) is 26.0 Å². The fraction of sp³-hybridized carbons (Fsp3) is 0.909. The van der Waals surface area contributed by atoms with Crippen LogP contribution in [-0.4, -0.2) is 53.8 Å². The highest BCUT2D eigenvalue weighted by molar-refractivity contribution is 6.27. The number of likely N-dealkylation sites (N-methyl/N-ethyl adjacent to an activating group) is 1. The van der Waals surface area contributed by atoms with E-state index in [2.05, 4.69) is 25.8 Å². The van der Waals surface area contributed by atoms with Gasteiger partial charge in [-0.2, -0.15) is 0 Å². The molecule has 1 saturated heterocycles. The minimum atomic E-state index is 0.0620. The van der Waals surface area contributed by atoms with Gasteiger partial charge in [0.1, 0.15) is 5.88 Å². The standard InChI is InChI=1S/C11H21ClN2O/c1-9(2)14(11(15)7-12)10-5-4-6-13(3)8-10/h9-10H,4-8H2,1-3H3/t10-/m0/s1. The molecule has 0 aromatic carbocycles. The van der Waals surface area contributed by atoms with Gasteiger partial charge in [-0.25, -0.2) is 0 Å². The van der Waals surface area contributed by atoms with Gasteiger partial charge in [0.25, 0.3) is 0 Å². The van der Waals surface area contributed by atoms with Crippen LogP contribution >= 0.6 is 11.6 Å². The van der Waals surface area contributed by atoms with Gasteiger partial charge in [-0.05, 0) is 40.3 Å². The second-order valence-electron chi connectivity index (χ2n) is 4.59. The molecule has 0 unspecified atom stereocenters. The van der Waals surface area contributed by atoms with E-state index in [-0.39, 0.29) is 17.8 Å². The van der Waals surface area contributed by atoms with Crippen molar-refractivity contribution in [1.29, 1.82) is 0 Å². The van der Waals surface area contributed by atoms with E-state index in [1.54, 1.807) is 0 Å². The molecule has 0 spiro atoms. The second kappa shape index (κ2) is 5.71. The van der Waals surface area contributed by atoms with Gasteiger partial charge in [0.05, 0.1) is 0 Å². The second-order valence-corrected chi connectivity index (χ2v) is 4.85. The molecule has 15 heavy (non-hydrogen) atoms. The Hall–Kier alpha value is -0.280. The summed E-state index contributed by atoms with van der Waals surface area (Å²) in [6, 6.07) is 0.586. The molecule has 88 valence electrons. The van der Waals surface area contributed by atoms with Crippen molar-refractivity contribution in [2.45, 2.75) is 38.8 Å². The Kier molecular flexibility index (Phi) is 4.87. The summed E-state index contributed by atoms with van der Waals surface area (Å²) >= 11 is 5.64. The van der Waals surface area contributed by atoms with E-state index in [0.29, 0.717) is 6.04 Å². The van der Waals surface area contributed by atoms with Crippen molar-refractivity contribution in [3.63, 3.8) is 0 Å². The minimum absolute atomic E-state index is 0.0620. The molecule has 3 nitrogen and oxygen atoms in total. The Morgan fingerprint density at radius 3 is 2.73 bits per heavy atom. The first-order valence-electron chi connectivity index (χ1n) is 5.62. The predicted octanol–water partition coefficient (Wildman–Crippen LogP) is 1.56. The Morgan fingerprint density at radius 2 is 2.27 bits per heavy atom. The van der Waals surface area contributed by atoms with Crippen LogP contribution in [0.25, 0.3) is 0 Å². The number of alkyl halides is 1. The van der Waals surface area contributed by atoms with Gasteiger partial charge in [-0.15, -0.1) is 11.6 Å². The molecule has 0 radical (unpaired) electrons. The number of hydrogen-bond donors (Lipinski definition) is 0. The first-order chi connectivity index (χ1) is 7.06. The third-order valence-corrected chi connectivity index (χ3v) is 3.18. The summed E-state index contributed by atoms with van der Waals surface area (Å²) in [5.74, 6) is 0.158. The van der Waals surface area contributed by atoms with Crippen LogP contribution in [0.2, 0.25) is 0 Å². The first-order valence-corrected chi connectivity index (χ1v) is 6.15. The maximum atomic E-state index is 11.7. The molecule has 0 aromatic rings. The smallest absolute Gasteiger partial charge is 0.238 e. The topological polar surface area (TPSA) is 23.6 Å². The van der Waals surface area contributed by atoms with Crippen molar-refractivity contribution in [3.8, 4) is 0 Å². The first kappa shape index (κ1) is 12.8. The molecule has 1 heterocycles. The van der Waals surface area contributed by atoms with Crippen molar-refractivity contribution in [1.82, 2.24) is 9.80 Å². The van der Waals surface area contributed by atoms with Crippen molar-refractivity contribution in [3.05, 3.63) is 0 Å². The normalized spacial score (nSPS) is 23.1. The third-order valence-electron chi connectivity index (χ3n) is 2.95. The van der Waals surface area contributed by atoms with E-state index in [1.807, 2.05) is 4.90 Å². The van der Waals surface area contributed by atoms with Crippen LogP contribution in [0.15, 0.2) is 0 Å². The molecule has 0 saturated carbocycles. The summed E-state index contributed by atoms with van der Waals surface area (Å²) in [5, 5.41) is 0. The zero-order chi connectivity index (χ0) is 11.4. The number of likely N-dealkylation sites (tertiary alicyclic amines) is 1. The molecule has 0 bridgehead atoms. The number of carbonyl (C=O) groups excluding carboxylic acids is 1. The highest BCUT2D eigenvalue weighted by atomic mass is 35.5. The van der Waals surface area contributed by atoms with Crippen LogP contribution in [0.3, 0.4) is 0 Å². The average molecular weight is 233 g/mol. The van der Waals surface area contributed by atoms with Crippen LogP contribution in [0.1, 0.15) is 26.7 Å². The lowest BCUT2D eigenvalue weighted by atomic mass is 10.0. The Bertz CT molecular complexity index is 221. The maximum Gasteiger partial charge on any atom is 0.238 e. The summed E-state index contributed by atoms with van der Waals surface area (Å²) in [7, 11) is 2.11. The zero-order valence-electron chi connectivity index (χ0n) is 9.87. The zero-order valence-corrected chi connectivity index (χ0v) is 10.6. The molecule has 4 heteroatoms. The van der Waals surface area contributed by atoms with Gasteiger partial charge in [0.2, 0.25) is 5.91 Å². The number of hydrogen-bond acceptors (Lipinski definition) is 2. The molecule has 0 aromatic heterocycles. The van der Waals surface area contributed by atoms with Crippen LogP contribution in [0.5, 0.6) is 0 Å². The average Bonchev–Trinajstić information content (AvgIpc) is 2.17. The van der Waals surface area contributed by atoms with Crippen LogP contribution in [0.4, 0.5) is 0 Å². The number of nitrogens with zero attached hydrogens (tertiary/aromatic N) is 2. The summed E-state index contributed by atoms with van der Waals surface area (Å²) in [4.78, 5) is 16.0. The monoisotopic (exact) mass is 232 g/mol. The van der Waals surface area contributed by atoms with Gasteiger partial charge in [0.15, 0.2) is 0 Å². The lowest BCUT2D eigenvalue weighted by molar-refractivity contribution is -0.133. The SMILES string of the molecule is CC(C)N(C(=O)CCl)[C@H]1CCCN(C)C1. The summed E-state index contributed by atoms with van der Waals surface area (Å²) in [6.45, 7) is 6.22. The number of piperidine rings is 1. The third kappa shape index (κ3) is 3.35. The Morgan fingerprint density at radius 1 is 1.60 bits per heavy atom. The van der Waals surface area contributed by atoms with E-state index in [4.69, 9.17) is 11.6 Å². The molecule has 0 aliphatic carbocycles. The fourth-order valence-electron chi connectivity index (χ4n) is 2.35. The lowest BCUT2D eigenvalue weighted by Gasteiger charge is -2.40. The molecule has 1 aliphatic rings. The van der Waals surface area contributed by atoms with E-state index in [9.17, 15) is 4.79 Å². The molecule has 1 fully saturated rings.